The van der Waals surface area contributed by atoms with Crippen LogP contribution in [0.2, 0.25) is 0 Å². The van der Waals surface area contributed by atoms with Gasteiger partial charge in [0.2, 0.25) is 0 Å². The van der Waals surface area contributed by atoms with Crippen molar-refractivity contribution in [2.24, 2.45) is 0 Å². The van der Waals surface area contributed by atoms with Gasteiger partial charge in [-0.05, 0) is 41.7 Å². The van der Waals surface area contributed by atoms with Crippen LogP contribution in [0.25, 0.3) is 0 Å². The van der Waals surface area contributed by atoms with Gasteiger partial charge in [-0.25, -0.2) is 0 Å². The highest BCUT2D eigenvalue weighted by molar-refractivity contribution is 5.39. The van der Waals surface area contributed by atoms with Gasteiger partial charge in [0.1, 0.15) is 0 Å². The first kappa shape index (κ1) is 17.2. The molecule has 0 spiro atoms. The third-order valence-electron chi connectivity index (χ3n) is 4.50. The monoisotopic (exact) mass is 330 g/mol. The molecular weight excluding hydrogens is 304 g/mol. The van der Waals surface area contributed by atoms with E-state index >= 15 is 0 Å². The fraction of sp³-hybridized carbons (Fsp3) is 0.217. The third-order valence-corrected chi connectivity index (χ3v) is 4.50. The summed E-state index contributed by atoms with van der Waals surface area (Å²) in [6, 6.07) is 29.7. The lowest BCUT2D eigenvalue weighted by atomic mass is 10.1. The minimum absolute atomic E-state index is 0.828. The van der Waals surface area contributed by atoms with Gasteiger partial charge in [-0.15, -0.1) is 0 Å². The lowest BCUT2D eigenvalue weighted by molar-refractivity contribution is 0.272. The van der Waals surface area contributed by atoms with E-state index in [1.54, 1.807) is 0 Å². The van der Waals surface area contributed by atoms with Crippen molar-refractivity contribution in [2.75, 3.05) is 18.8 Å². The van der Waals surface area contributed by atoms with Crippen molar-refractivity contribution < 1.29 is 0 Å². The largest absolute Gasteiger partial charge is 0.399 e. The van der Waals surface area contributed by atoms with Gasteiger partial charge in [0.05, 0.1) is 0 Å². The maximum Gasteiger partial charge on any atom is 0.0314 e. The van der Waals surface area contributed by atoms with Crippen molar-refractivity contribution >= 4 is 5.69 Å². The molecule has 0 amide bonds. The number of nitrogens with zero attached hydrogens (tertiary/aromatic N) is 1. The molecule has 0 heterocycles. The lowest BCUT2D eigenvalue weighted by Gasteiger charge is -2.22. The van der Waals surface area contributed by atoms with Crippen molar-refractivity contribution in [3.63, 3.8) is 0 Å². The predicted octanol–water partition coefficient (Wildman–Crippen LogP) is 4.56. The number of nitrogens with two attached hydrogens (primary N) is 1. The summed E-state index contributed by atoms with van der Waals surface area (Å²) in [5, 5.41) is 0. The number of rotatable bonds is 8. The molecule has 3 aromatic carbocycles. The van der Waals surface area contributed by atoms with E-state index in [0.29, 0.717) is 0 Å². The smallest absolute Gasteiger partial charge is 0.0314 e. The molecule has 128 valence electrons. The van der Waals surface area contributed by atoms with E-state index in [4.69, 9.17) is 5.73 Å². The van der Waals surface area contributed by atoms with E-state index in [9.17, 15) is 0 Å². The Morgan fingerprint density at radius 2 is 1.04 bits per heavy atom. The van der Waals surface area contributed by atoms with E-state index < -0.39 is 0 Å². The molecule has 3 aromatic rings. The highest BCUT2D eigenvalue weighted by atomic mass is 15.1. The predicted molar refractivity (Wildman–Crippen MR) is 106 cm³/mol. The van der Waals surface area contributed by atoms with Crippen LogP contribution in [0.4, 0.5) is 5.69 Å². The van der Waals surface area contributed by atoms with E-state index in [-0.39, 0.29) is 0 Å². The summed E-state index contributed by atoms with van der Waals surface area (Å²) in [7, 11) is 0. The summed E-state index contributed by atoms with van der Waals surface area (Å²) >= 11 is 0. The van der Waals surface area contributed by atoms with Crippen LogP contribution in [0.5, 0.6) is 0 Å². The van der Waals surface area contributed by atoms with Crippen LogP contribution in [0.3, 0.4) is 0 Å². The van der Waals surface area contributed by atoms with E-state index in [1.807, 2.05) is 12.1 Å². The Labute approximate surface area is 150 Å². The number of hydrogen-bond acceptors (Lipinski definition) is 2. The highest BCUT2D eigenvalue weighted by Gasteiger charge is 2.07. The molecule has 0 atom stereocenters. The average molecular weight is 330 g/mol. The number of nitrogen functional groups attached to an aromatic ring is 1. The highest BCUT2D eigenvalue weighted by Crippen LogP contribution is 2.11. The first-order valence-electron chi connectivity index (χ1n) is 8.94. The second-order valence-electron chi connectivity index (χ2n) is 6.49. The van der Waals surface area contributed by atoms with Crippen molar-refractivity contribution in [3.8, 4) is 0 Å². The van der Waals surface area contributed by atoms with Crippen LogP contribution in [0, 0.1) is 0 Å². The van der Waals surface area contributed by atoms with Crippen LogP contribution < -0.4 is 5.73 Å². The molecular formula is C23H26N2. The molecule has 3 rings (SSSR count). The van der Waals surface area contributed by atoms with Gasteiger partial charge in [0, 0.05) is 25.3 Å². The molecule has 2 nitrogen and oxygen atoms in total. The van der Waals surface area contributed by atoms with Gasteiger partial charge in [0.15, 0.2) is 0 Å². The molecule has 0 radical (unpaired) electrons. The molecule has 0 saturated carbocycles. The molecule has 0 bridgehead atoms. The minimum atomic E-state index is 0.828. The van der Waals surface area contributed by atoms with Gasteiger partial charge >= 0.3 is 0 Å². The standard InChI is InChI=1S/C23H26N2/c24-23-13-11-21(12-14-23)16-18-25(19-22-9-5-2-6-10-22)17-15-20-7-3-1-4-8-20/h1-14H,15-19,24H2. The summed E-state index contributed by atoms with van der Waals surface area (Å²) in [6.07, 6.45) is 2.12. The first-order chi connectivity index (χ1) is 12.3. The molecule has 0 aliphatic heterocycles. The summed E-state index contributed by atoms with van der Waals surface area (Å²) in [5.74, 6) is 0. The second-order valence-corrected chi connectivity index (χ2v) is 6.49. The quantitative estimate of drug-likeness (QED) is 0.614. The van der Waals surface area contributed by atoms with Crippen molar-refractivity contribution in [1.82, 2.24) is 4.90 Å². The molecule has 2 N–H and O–H groups in total. The van der Waals surface area contributed by atoms with Crippen LogP contribution >= 0.6 is 0 Å². The Balaban J connectivity index is 1.61. The van der Waals surface area contributed by atoms with E-state index in [2.05, 4.69) is 77.7 Å². The number of benzene rings is 3. The molecule has 2 heteroatoms. The van der Waals surface area contributed by atoms with Crippen molar-refractivity contribution in [3.05, 3.63) is 102 Å². The van der Waals surface area contributed by atoms with E-state index in [1.165, 1.54) is 16.7 Å². The normalized spacial score (nSPS) is 10.9. The molecule has 0 unspecified atom stereocenters. The number of hydrogen-bond donors (Lipinski definition) is 1. The van der Waals surface area contributed by atoms with E-state index in [0.717, 1.165) is 38.2 Å². The van der Waals surface area contributed by atoms with Gasteiger partial charge in [-0.2, -0.15) is 0 Å². The Hall–Kier alpha value is -2.58. The summed E-state index contributed by atoms with van der Waals surface area (Å²) in [6.45, 7) is 3.10. The fourth-order valence-corrected chi connectivity index (χ4v) is 3.01. The van der Waals surface area contributed by atoms with Crippen molar-refractivity contribution in [2.45, 2.75) is 19.4 Å². The Kier molecular flexibility index (Phi) is 6.24. The zero-order chi connectivity index (χ0) is 17.3. The zero-order valence-corrected chi connectivity index (χ0v) is 14.6. The molecule has 0 fully saturated rings. The molecule has 25 heavy (non-hydrogen) atoms. The third kappa shape index (κ3) is 5.77. The summed E-state index contributed by atoms with van der Waals surface area (Å²) in [4.78, 5) is 2.54. The maximum atomic E-state index is 5.79. The summed E-state index contributed by atoms with van der Waals surface area (Å²) in [5.41, 5.74) is 10.7. The van der Waals surface area contributed by atoms with Crippen LogP contribution in [-0.4, -0.2) is 18.0 Å². The average Bonchev–Trinajstić information content (AvgIpc) is 2.67. The minimum Gasteiger partial charge on any atom is -0.399 e. The second kappa shape index (κ2) is 9.05. The SMILES string of the molecule is Nc1ccc(CCN(CCc2ccccc2)Cc2ccccc2)cc1. The zero-order valence-electron chi connectivity index (χ0n) is 14.6. The Morgan fingerprint density at radius 3 is 1.60 bits per heavy atom. The van der Waals surface area contributed by atoms with Crippen molar-refractivity contribution in [1.29, 1.82) is 0 Å². The van der Waals surface area contributed by atoms with Gasteiger partial charge in [0.25, 0.3) is 0 Å². The number of anilines is 1. The Bertz CT molecular complexity index is 736. The van der Waals surface area contributed by atoms with Gasteiger partial charge < -0.3 is 5.73 Å². The molecule has 0 saturated heterocycles. The maximum absolute atomic E-state index is 5.79. The fourth-order valence-electron chi connectivity index (χ4n) is 3.01. The van der Waals surface area contributed by atoms with Gasteiger partial charge in [-0.3, -0.25) is 4.90 Å². The van der Waals surface area contributed by atoms with Crippen LogP contribution in [0.15, 0.2) is 84.9 Å². The van der Waals surface area contributed by atoms with Crippen LogP contribution in [0.1, 0.15) is 16.7 Å². The van der Waals surface area contributed by atoms with Gasteiger partial charge in [-0.1, -0.05) is 72.8 Å². The topological polar surface area (TPSA) is 29.3 Å². The lowest BCUT2D eigenvalue weighted by Crippen LogP contribution is -2.28. The van der Waals surface area contributed by atoms with Crippen LogP contribution in [-0.2, 0) is 19.4 Å². The summed E-state index contributed by atoms with van der Waals surface area (Å²) < 4.78 is 0. The molecule has 0 aromatic heterocycles. The molecule has 0 aliphatic rings. The first-order valence-corrected chi connectivity index (χ1v) is 8.94. The molecule has 0 aliphatic carbocycles. The Morgan fingerprint density at radius 1 is 0.560 bits per heavy atom.